The first-order valence-corrected chi connectivity index (χ1v) is 11.9. The number of hydrogen-bond donors (Lipinski definition) is 2. The van der Waals surface area contributed by atoms with E-state index in [1.54, 1.807) is 55.8 Å². The van der Waals surface area contributed by atoms with Crippen LogP contribution in [0.25, 0.3) is 0 Å². The highest BCUT2D eigenvalue weighted by Crippen LogP contribution is 2.36. The van der Waals surface area contributed by atoms with Gasteiger partial charge in [-0.15, -0.1) is 0 Å². The molecule has 2 N–H and O–H groups in total. The molecule has 10 heteroatoms. The third-order valence-corrected chi connectivity index (χ3v) is 6.92. The average Bonchev–Trinajstić information content (AvgIpc) is 3.31. The minimum Gasteiger partial charge on any atom is -0.493 e. The molecule has 2 aromatic heterocycles. The minimum absolute atomic E-state index is 0.0661. The van der Waals surface area contributed by atoms with Gasteiger partial charge in [-0.05, 0) is 24.3 Å². The lowest BCUT2D eigenvalue weighted by atomic mass is 10.1. The van der Waals surface area contributed by atoms with Crippen LogP contribution in [-0.4, -0.2) is 55.3 Å². The van der Waals surface area contributed by atoms with Crippen LogP contribution >= 0.6 is 11.3 Å². The van der Waals surface area contributed by atoms with E-state index in [0.717, 1.165) is 35.8 Å². The SMILES string of the molecule is COc1ccc(N2CCc3nc(N(C)C(=O)CCNC(O)c4ccccn4)sc3C2)cc1OC. The van der Waals surface area contributed by atoms with E-state index in [0.29, 0.717) is 28.9 Å². The molecule has 180 valence electrons. The number of nitrogens with zero attached hydrogens (tertiary/aromatic N) is 4. The average molecular weight is 484 g/mol. The highest BCUT2D eigenvalue weighted by molar-refractivity contribution is 7.16. The Balaban J connectivity index is 1.35. The Hall–Kier alpha value is -3.21. The number of rotatable bonds is 9. The third-order valence-electron chi connectivity index (χ3n) is 5.76. The Morgan fingerprint density at radius 1 is 1.26 bits per heavy atom. The summed E-state index contributed by atoms with van der Waals surface area (Å²) >= 11 is 1.54. The van der Waals surface area contributed by atoms with Gasteiger partial charge in [-0.3, -0.25) is 20.0 Å². The number of anilines is 2. The lowest BCUT2D eigenvalue weighted by molar-refractivity contribution is -0.118. The predicted molar refractivity (Wildman–Crippen MR) is 132 cm³/mol. The number of carbonyl (C=O) groups excluding carboxylic acids is 1. The molecule has 4 rings (SSSR count). The Labute approximate surface area is 203 Å². The van der Waals surface area contributed by atoms with E-state index in [1.807, 2.05) is 24.3 Å². The standard InChI is InChI=1S/C24H29N5O4S/c1-28(22(30)9-12-26-23(31)18-6-4-5-11-25-18)24-27-17-10-13-29(15-21(17)34-24)16-7-8-19(32-2)20(14-16)33-3/h4-8,11,14,23,26,31H,9-10,12-13,15H2,1-3H3. The smallest absolute Gasteiger partial charge is 0.229 e. The first-order valence-electron chi connectivity index (χ1n) is 11.0. The van der Waals surface area contributed by atoms with Gasteiger partial charge < -0.3 is 19.5 Å². The largest absolute Gasteiger partial charge is 0.493 e. The van der Waals surface area contributed by atoms with Gasteiger partial charge in [0.05, 0.1) is 32.2 Å². The van der Waals surface area contributed by atoms with Crippen molar-refractivity contribution in [3.05, 3.63) is 58.9 Å². The first-order chi connectivity index (χ1) is 16.5. The molecule has 1 unspecified atom stereocenters. The summed E-state index contributed by atoms with van der Waals surface area (Å²) in [4.78, 5) is 26.6. The number of aliphatic hydroxyl groups is 1. The van der Waals surface area contributed by atoms with Gasteiger partial charge in [0.15, 0.2) is 16.6 Å². The van der Waals surface area contributed by atoms with Crippen LogP contribution in [0.15, 0.2) is 42.6 Å². The topological polar surface area (TPSA) is 100 Å². The molecule has 34 heavy (non-hydrogen) atoms. The van der Waals surface area contributed by atoms with Crippen molar-refractivity contribution >= 4 is 28.1 Å². The van der Waals surface area contributed by atoms with Crippen LogP contribution in [-0.2, 0) is 17.8 Å². The van der Waals surface area contributed by atoms with Crippen molar-refractivity contribution in [2.45, 2.75) is 25.6 Å². The fourth-order valence-electron chi connectivity index (χ4n) is 3.80. The summed E-state index contributed by atoms with van der Waals surface area (Å²) < 4.78 is 10.8. The van der Waals surface area contributed by atoms with E-state index >= 15 is 0 Å². The van der Waals surface area contributed by atoms with Gasteiger partial charge in [0.25, 0.3) is 0 Å². The summed E-state index contributed by atoms with van der Waals surface area (Å²) in [5.41, 5.74) is 2.62. The quantitative estimate of drug-likeness (QED) is 0.448. The molecule has 1 aliphatic heterocycles. The van der Waals surface area contributed by atoms with Gasteiger partial charge in [0.2, 0.25) is 5.91 Å². The maximum absolute atomic E-state index is 12.7. The fraction of sp³-hybridized carbons (Fsp3) is 0.375. The van der Waals surface area contributed by atoms with E-state index < -0.39 is 6.23 Å². The number of thiazole rings is 1. The first kappa shape index (κ1) is 23.9. The summed E-state index contributed by atoms with van der Waals surface area (Å²) in [6, 6.07) is 11.2. The lowest BCUT2D eigenvalue weighted by Crippen LogP contribution is -2.31. The number of nitrogens with one attached hydrogen (secondary N) is 1. The second kappa shape index (κ2) is 10.8. The highest BCUT2D eigenvalue weighted by Gasteiger charge is 2.24. The number of aromatic nitrogens is 2. The normalized spacial score (nSPS) is 13.8. The van der Waals surface area contributed by atoms with Crippen molar-refractivity contribution in [3.8, 4) is 11.5 Å². The predicted octanol–water partition coefficient (Wildman–Crippen LogP) is 2.75. The maximum atomic E-state index is 12.7. The van der Waals surface area contributed by atoms with E-state index in [2.05, 4.69) is 15.2 Å². The molecule has 0 saturated carbocycles. The van der Waals surface area contributed by atoms with Crippen LogP contribution in [0.1, 0.15) is 28.9 Å². The van der Waals surface area contributed by atoms with Crippen LogP contribution in [0.3, 0.4) is 0 Å². The molecule has 0 bridgehead atoms. The maximum Gasteiger partial charge on any atom is 0.229 e. The summed E-state index contributed by atoms with van der Waals surface area (Å²) in [6.07, 6.45) is 1.76. The third kappa shape index (κ3) is 5.30. The van der Waals surface area contributed by atoms with E-state index in [-0.39, 0.29) is 12.3 Å². The van der Waals surface area contributed by atoms with Crippen molar-refractivity contribution in [3.63, 3.8) is 0 Å². The number of carbonyl (C=O) groups is 1. The summed E-state index contributed by atoms with van der Waals surface area (Å²) in [6.45, 7) is 1.89. The van der Waals surface area contributed by atoms with Gasteiger partial charge >= 0.3 is 0 Å². The van der Waals surface area contributed by atoms with Gasteiger partial charge in [-0.1, -0.05) is 17.4 Å². The molecular weight excluding hydrogens is 454 g/mol. The number of hydrogen-bond acceptors (Lipinski definition) is 9. The molecule has 0 radical (unpaired) electrons. The zero-order valence-electron chi connectivity index (χ0n) is 19.5. The van der Waals surface area contributed by atoms with E-state index in [1.165, 1.54) is 0 Å². The fourth-order valence-corrected chi connectivity index (χ4v) is 4.90. The van der Waals surface area contributed by atoms with Gasteiger partial charge in [-0.25, -0.2) is 4.98 Å². The van der Waals surface area contributed by atoms with Crippen molar-refractivity contribution in [2.24, 2.45) is 0 Å². The molecule has 3 aromatic rings. The number of amides is 1. The lowest BCUT2D eigenvalue weighted by Gasteiger charge is -2.28. The number of fused-ring (bicyclic) bond motifs is 1. The Bertz CT molecular complexity index is 1120. The van der Waals surface area contributed by atoms with Crippen LogP contribution in [0.2, 0.25) is 0 Å². The summed E-state index contributed by atoms with van der Waals surface area (Å²) in [7, 11) is 5.00. The molecule has 0 aliphatic carbocycles. The van der Waals surface area contributed by atoms with E-state index in [4.69, 9.17) is 14.5 Å². The molecule has 0 spiro atoms. The molecule has 1 atom stereocenters. The Kier molecular flexibility index (Phi) is 7.61. The Morgan fingerprint density at radius 3 is 2.82 bits per heavy atom. The zero-order chi connectivity index (χ0) is 24.1. The molecular formula is C24H29N5O4S. The van der Waals surface area contributed by atoms with Crippen LogP contribution < -0.4 is 24.6 Å². The molecule has 0 fully saturated rings. The highest BCUT2D eigenvalue weighted by atomic mass is 32.1. The molecule has 1 aromatic carbocycles. The summed E-state index contributed by atoms with van der Waals surface area (Å²) in [5.74, 6) is 1.33. The number of methoxy groups -OCH3 is 2. The zero-order valence-corrected chi connectivity index (χ0v) is 20.3. The van der Waals surface area contributed by atoms with Crippen LogP contribution in [0.4, 0.5) is 10.8 Å². The number of benzene rings is 1. The summed E-state index contributed by atoms with van der Waals surface area (Å²) in [5, 5.41) is 13.8. The van der Waals surface area contributed by atoms with Crippen molar-refractivity contribution in [2.75, 3.05) is 44.2 Å². The van der Waals surface area contributed by atoms with Gasteiger partial charge in [0, 0.05) is 55.8 Å². The minimum atomic E-state index is -0.908. The van der Waals surface area contributed by atoms with Gasteiger partial charge in [-0.2, -0.15) is 0 Å². The number of aliphatic hydroxyl groups excluding tert-OH is 1. The molecule has 9 nitrogen and oxygen atoms in total. The molecule has 3 heterocycles. The number of pyridine rings is 1. The second-order valence-electron chi connectivity index (χ2n) is 7.89. The van der Waals surface area contributed by atoms with E-state index in [9.17, 15) is 9.90 Å². The van der Waals surface area contributed by atoms with Crippen molar-refractivity contribution < 1.29 is 19.4 Å². The van der Waals surface area contributed by atoms with Crippen molar-refractivity contribution in [1.82, 2.24) is 15.3 Å². The number of ether oxygens (including phenoxy) is 2. The molecule has 0 saturated heterocycles. The monoisotopic (exact) mass is 483 g/mol. The van der Waals surface area contributed by atoms with Crippen molar-refractivity contribution in [1.29, 1.82) is 0 Å². The van der Waals surface area contributed by atoms with Crippen LogP contribution in [0.5, 0.6) is 11.5 Å². The molecule has 1 amide bonds. The second-order valence-corrected chi connectivity index (χ2v) is 8.95. The molecule has 1 aliphatic rings. The van der Waals surface area contributed by atoms with Gasteiger partial charge in [0.1, 0.15) is 6.23 Å². The van der Waals surface area contributed by atoms with Crippen LogP contribution in [0, 0.1) is 0 Å². The Morgan fingerprint density at radius 2 is 2.09 bits per heavy atom.